The highest BCUT2D eigenvalue weighted by Gasteiger charge is 2.25. The number of aromatic nitrogens is 2. The summed E-state index contributed by atoms with van der Waals surface area (Å²) >= 11 is 0.692. The highest BCUT2D eigenvalue weighted by molar-refractivity contribution is 7.91. The van der Waals surface area contributed by atoms with Gasteiger partial charge in [-0.15, -0.1) is 0 Å². The molecule has 0 aliphatic carbocycles. The third-order valence-electron chi connectivity index (χ3n) is 2.34. The van der Waals surface area contributed by atoms with Gasteiger partial charge in [-0.2, -0.15) is 9.36 Å². The molecule has 19 heavy (non-hydrogen) atoms. The lowest BCUT2D eigenvalue weighted by Gasteiger charge is -2.00. The van der Waals surface area contributed by atoms with Crippen LogP contribution in [0.5, 0.6) is 0 Å². The van der Waals surface area contributed by atoms with E-state index < -0.39 is 15.8 Å². The topological polar surface area (TPSA) is 86.2 Å². The van der Waals surface area contributed by atoms with E-state index in [2.05, 4.69) is 14.1 Å². The first kappa shape index (κ1) is 13.6. The van der Waals surface area contributed by atoms with Gasteiger partial charge in [-0.1, -0.05) is 17.7 Å². The second-order valence-corrected chi connectivity index (χ2v) is 6.29. The highest BCUT2D eigenvalue weighted by atomic mass is 32.2. The van der Waals surface area contributed by atoms with Crippen molar-refractivity contribution in [2.75, 3.05) is 7.11 Å². The summed E-state index contributed by atoms with van der Waals surface area (Å²) in [6, 6.07) is 6.31. The third-order valence-corrected chi connectivity index (χ3v) is 4.71. The molecule has 1 aromatic heterocycles. The van der Waals surface area contributed by atoms with E-state index in [-0.39, 0.29) is 15.1 Å². The summed E-state index contributed by atoms with van der Waals surface area (Å²) < 4.78 is 32.6. The average molecular weight is 298 g/mol. The van der Waals surface area contributed by atoms with E-state index in [0.717, 1.165) is 5.56 Å². The van der Waals surface area contributed by atoms with Crippen LogP contribution in [0.3, 0.4) is 0 Å². The molecule has 0 spiro atoms. The van der Waals surface area contributed by atoms with Crippen LogP contribution in [0.2, 0.25) is 0 Å². The molecule has 0 aliphatic rings. The molecule has 6 nitrogen and oxygen atoms in total. The predicted octanol–water partition coefficient (Wildman–Crippen LogP) is 1.47. The number of hydrogen-bond donors (Lipinski definition) is 0. The average Bonchev–Trinajstić information content (AvgIpc) is 2.88. The Morgan fingerprint density at radius 2 is 1.89 bits per heavy atom. The maximum atomic E-state index is 12.2. The number of hydrogen-bond acceptors (Lipinski definition) is 7. The summed E-state index contributed by atoms with van der Waals surface area (Å²) in [6.45, 7) is 1.85. The summed E-state index contributed by atoms with van der Waals surface area (Å²) in [4.78, 5) is 15.0. The molecule has 2 aromatic rings. The summed E-state index contributed by atoms with van der Waals surface area (Å²) in [5.74, 6) is -0.706. The molecule has 0 unspecified atom stereocenters. The standard InChI is InChI=1S/C11H10N2O4S2/c1-7-3-5-8(6-4-7)19(15,16)11-12-9(18-13-11)10(14)17-2/h3-6H,1-2H3. The number of carbonyl (C=O) groups is 1. The van der Waals surface area contributed by atoms with E-state index in [4.69, 9.17) is 0 Å². The van der Waals surface area contributed by atoms with Crippen LogP contribution in [0.25, 0.3) is 0 Å². The van der Waals surface area contributed by atoms with Gasteiger partial charge in [0.15, 0.2) is 0 Å². The van der Waals surface area contributed by atoms with Gasteiger partial charge in [0.2, 0.25) is 14.8 Å². The third kappa shape index (κ3) is 2.64. The molecule has 0 fully saturated rings. The van der Waals surface area contributed by atoms with Gasteiger partial charge in [0.05, 0.1) is 12.0 Å². The Bertz CT molecular complexity index is 705. The van der Waals surface area contributed by atoms with Crippen molar-refractivity contribution >= 4 is 27.3 Å². The molecular formula is C11H10N2O4S2. The lowest BCUT2D eigenvalue weighted by atomic mass is 10.2. The molecule has 1 heterocycles. The second kappa shape index (κ2) is 5.06. The number of benzene rings is 1. The Hall–Kier alpha value is -1.80. The Morgan fingerprint density at radius 1 is 1.26 bits per heavy atom. The first-order valence-electron chi connectivity index (χ1n) is 5.19. The van der Waals surface area contributed by atoms with Crippen LogP contribution in [0.15, 0.2) is 34.3 Å². The van der Waals surface area contributed by atoms with Crippen molar-refractivity contribution in [3.63, 3.8) is 0 Å². The fraction of sp³-hybridized carbons (Fsp3) is 0.182. The van der Waals surface area contributed by atoms with Crippen molar-refractivity contribution < 1.29 is 17.9 Å². The molecule has 100 valence electrons. The monoisotopic (exact) mass is 298 g/mol. The Morgan fingerprint density at radius 3 is 2.47 bits per heavy atom. The minimum atomic E-state index is -3.80. The van der Waals surface area contributed by atoms with Crippen LogP contribution in [-0.4, -0.2) is 30.9 Å². The van der Waals surface area contributed by atoms with Gasteiger partial charge in [-0.3, -0.25) is 0 Å². The summed E-state index contributed by atoms with van der Waals surface area (Å²) in [5, 5.41) is -0.477. The number of nitrogens with zero attached hydrogens (tertiary/aromatic N) is 2. The van der Waals surface area contributed by atoms with E-state index >= 15 is 0 Å². The van der Waals surface area contributed by atoms with Crippen molar-refractivity contribution in [3.05, 3.63) is 34.8 Å². The number of sulfone groups is 1. The zero-order chi connectivity index (χ0) is 14.0. The zero-order valence-electron chi connectivity index (χ0n) is 10.2. The van der Waals surface area contributed by atoms with Gasteiger partial charge in [0, 0.05) is 0 Å². The van der Waals surface area contributed by atoms with Crippen LogP contribution in [0, 0.1) is 6.92 Å². The molecule has 0 amide bonds. The number of aryl methyl sites for hydroxylation is 1. The predicted molar refractivity (Wildman–Crippen MR) is 67.9 cm³/mol. The first-order chi connectivity index (χ1) is 8.95. The van der Waals surface area contributed by atoms with Crippen LogP contribution >= 0.6 is 11.5 Å². The van der Waals surface area contributed by atoms with Crippen LogP contribution in [0.1, 0.15) is 15.4 Å². The van der Waals surface area contributed by atoms with Gasteiger partial charge in [-0.25, -0.2) is 13.2 Å². The lowest BCUT2D eigenvalue weighted by molar-refractivity contribution is 0.0599. The molecule has 0 N–H and O–H groups in total. The Kier molecular flexibility index (Phi) is 3.63. The molecule has 2 rings (SSSR count). The molecule has 0 radical (unpaired) electrons. The van der Waals surface area contributed by atoms with Gasteiger partial charge < -0.3 is 4.74 Å². The molecule has 0 saturated heterocycles. The Balaban J connectivity index is 2.42. The summed E-state index contributed by atoms with van der Waals surface area (Å²) in [6.07, 6.45) is 0. The van der Waals surface area contributed by atoms with Crippen LogP contribution in [-0.2, 0) is 14.6 Å². The molecule has 0 aliphatic heterocycles. The second-order valence-electron chi connectivity index (χ2n) is 3.69. The van der Waals surface area contributed by atoms with Crippen molar-refractivity contribution in [3.8, 4) is 0 Å². The van der Waals surface area contributed by atoms with E-state index in [0.29, 0.717) is 11.5 Å². The lowest BCUT2D eigenvalue weighted by Crippen LogP contribution is -2.06. The zero-order valence-corrected chi connectivity index (χ0v) is 11.8. The van der Waals surface area contributed by atoms with Gasteiger partial charge in [0.25, 0.3) is 5.16 Å². The SMILES string of the molecule is COC(=O)c1nc(S(=O)(=O)c2ccc(C)cc2)ns1. The molecule has 0 saturated carbocycles. The number of rotatable bonds is 3. The molecule has 0 bridgehead atoms. The number of esters is 1. The van der Waals surface area contributed by atoms with Crippen LogP contribution < -0.4 is 0 Å². The maximum Gasteiger partial charge on any atom is 0.368 e. The van der Waals surface area contributed by atoms with Crippen molar-refractivity contribution in [2.24, 2.45) is 0 Å². The van der Waals surface area contributed by atoms with E-state index in [1.165, 1.54) is 19.2 Å². The van der Waals surface area contributed by atoms with E-state index in [9.17, 15) is 13.2 Å². The minimum Gasteiger partial charge on any atom is -0.464 e. The largest absolute Gasteiger partial charge is 0.464 e. The fourth-order valence-corrected chi connectivity index (χ4v) is 3.28. The van der Waals surface area contributed by atoms with Crippen molar-refractivity contribution in [1.29, 1.82) is 0 Å². The molecular weight excluding hydrogens is 288 g/mol. The highest BCUT2D eigenvalue weighted by Crippen LogP contribution is 2.20. The summed E-state index contributed by atoms with van der Waals surface area (Å²) in [7, 11) is -2.60. The Labute approximate surface area is 114 Å². The van der Waals surface area contributed by atoms with Gasteiger partial charge in [-0.05, 0) is 30.6 Å². The van der Waals surface area contributed by atoms with Crippen LogP contribution in [0.4, 0.5) is 0 Å². The summed E-state index contributed by atoms with van der Waals surface area (Å²) in [5.41, 5.74) is 0.945. The number of carbonyl (C=O) groups excluding carboxylic acids is 1. The van der Waals surface area contributed by atoms with Gasteiger partial charge in [0.1, 0.15) is 0 Å². The minimum absolute atomic E-state index is 0.0896. The number of methoxy groups -OCH3 is 1. The molecule has 0 atom stereocenters. The first-order valence-corrected chi connectivity index (χ1v) is 7.44. The quantitative estimate of drug-likeness (QED) is 0.797. The fourth-order valence-electron chi connectivity index (χ4n) is 1.31. The van der Waals surface area contributed by atoms with Gasteiger partial charge >= 0.3 is 5.97 Å². The normalized spacial score (nSPS) is 11.3. The maximum absolute atomic E-state index is 12.2. The number of ether oxygens (including phenoxy) is 1. The molecule has 1 aromatic carbocycles. The smallest absolute Gasteiger partial charge is 0.368 e. The van der Waals surface area contributed by atoms with E-state index in [1.54, 1.807) is 12.1 Å². The molecule has 8 heteroatoms. The van der Waals surface area contributed by atoms with E-state index in [1.807, 2.05) is 6.92 Å². The van der Waals surface area contributed by atoms with Crippen molar-refractivity contribution in [2.45, 2.75) is 17.0 Å². The van der Waals surface area contributed by atoms with Crippen molar-refractivity contribution in [1.82, 2.24) is 9.36 Å².